The third-order valence-corrected chi connectivity index (χ3v) is 5.65. The first kappa shape index (κ1) is 16.9. The molecule has 2 heterocycles. The number of nitrogens with one attached hydrogen (secondary N) is 3. The molecule has 0 saturated carbocycles. The molecule has 1 aliphatic carbocycles. The minimum atomic E-state index is -0.761. The number of hydrogen-bond acceptors (Lipinski definition) is 4. The van der Waals surface area contributed by atoms with Crippen LogP contribution in [0.3, 0.4) is 0 Å². The first-order valence-corrected chi connectivity index (χ1v) is 9.21. The molecule has 2 aromatic carbocycles. The second-order valence-electron chi connectivity index (χ2n) is 6.59. The lowest BCUT2D eigenvalue weighted by Crippen LogP contribution is -2.33. The van der Waals surface area contributed by atoms with Crippen LogP contribution in [0.1, 0.15) is 33.0 Å². The lowest BCUT2D eigenvalue weighted by molar-refractivity contribution is 0.103. The van der Waals surface area contributed by atoms with Gasteiger partial charge in [-0.2, -0.15) is 0 Å². The number of carbonyl (C=O) groups excluding carboxylic acids is 1. The number of H-pyrrole nitrogens is 2. The summed E-state index contributed by atoms with van der Waals surface area (Å²) in [7, 11) is 0. The molecular formula is C20H11BrFN3O3. The number of Topliss-reactive ketones (excluding diaryl/α,β-unsaturated/α-hetero) is 1. The van der Waals surface area contributed by atoms with Crippen LogP contribution in [-0.2, 0) is 0 Å². The minimum Gasteiger partial charge on any atom is -0.340 e. The van der Waals surface area contributed by atoms with Crippen LogP contribution in [0.2, 0.25) is 0 Å². The molecule has 6 nitrogen and oxygen atoms in total. The van der Waals surface area contributed by atoms with E-state index in [-0.39, 0.29) is 21.6 Å². The molecule has 1 aliphatic heterocycles. The van der Waals surface area contributed by atoms with E-state index in [1.165, 1.54) is 12.1 Å². The Morgan fingerprint density at radius 1 is 0.964 bits per heavy atom. The lowest BCUT2D eigenvalue weighted by atomic mass is 9.81. The molecule has 2 aliphatic rings. The number of carbonyl (C=O) groups is 1. The number of fused-ring (bicyclic) bond motifs is 3. The Bertz CT molecular complexity index is 1340. The molecule has 0 radical (unpaired) electrons. The van der Waals surface area contributed by atoms with Crippen molar-refractivity contribution in [2.45, 2.75) is 5.92 Å². The Hall–Kier alpha value is -3.26. The average Bonchev–Trinajstić information content (AvgIpc) is 2.95. The number of hydrogen-bond donors (Lipinski definition) is 3. The summed E-state index contributed by atoms with van der Waals surface area (Å²) in [6.45, 7) is 0. The molecule has 0 amide bonds. The highest BCUT2D eigenvalue weighted by atomic mass is 79.9. The fourth-order valence-corrected chi connectivity index (χ4v) is 4.27. The quantitative estimate of drug-likeness (QED) is 0.542. The number of benzene rings is 2. The van der Waals surface area contributed by atoms with E-state index in [0.717, 1.165) is 0 Å². The van der Waals surface area contributed by atoms with Crippen molar-refractivity contribution in [1.82, 2.24) is 9.97 Å². The zero-order valence-corrected chi connectivity index (χ0v) is 15.7. The fourth-order valence-electron chi connectivity index (χ4n) is 3.88. The summed E-state index contributed by atoms with van der Waals surface area (Å²) in [5.74, 6) is -1.20. The smallest absolute Gasteiger partial charge is 0.327 e. The molecule has 0 saturated heterocycles. The van der Waals surface area contributed by atoms with Crippen LogP contribution in [0.15, 0.2) is 62.1 Å². The maximum atomic E-state index is 13.8. The standard InChI is InChI=1S/C20H11BrFN3O3/c21-11-7-8(5-6-12(11)22)13-14-16(9-3-1-2-4-10(9)17(14)26)23-18-15(13)19(27)25-20(28)24-18/h1-7,13H,(H3,23,24,25,27,28). The van der Waals surface area contributed by atoms with Gasteiger partial charge in [0.2, 0.25) is 0 Å². The van der Waals surface area contributed by atoms with Gasteiger partial charge in [0.1, 0.15) is 11.6 Å². The van der Waals surface area contributed by atoms with Gasteiger partial charge in [0.05, 0.1) is 15.7 Å². The molecule has 1 aromatic heterocycles. The molecule has 1 atom stereocenters. The SMILES string of the molecule is O=C1C2=C(Nc3[nH]c(=O)[nH]c(=O)c3C2c2ccc(F)c(Br)c2)c2ccccc21. The molecule has 1 unspecified atom stereocenters. The van der Waals surface area contributed by atoms with Gasteiger partial charge < -0.3 is 5.32 Å². The number of ketones is 1. The topological polar surface area (TPSA) is 94.8 Å². The number of allylic oxidation sites excluding steroid dienone is 1. The largest absolute Gasteiger partial charge is 0.340 e. The minimum absolute atomic E-state index is 0.206. The lowest BCUT2D eigenvalue weighted by Gasteiger charge is -2.27. The predicted molar refractivity (Wildman–Crippen MR) is 105 cm³/mol. The van der Waals surface area contributed by atoms with Crippen molar-refractivity contribution in [3.63, 3.8) is 0 Å². The summed E-state index contributed by atoms with van der Waals surface area (Å²) in [4.78, 5) is 42.5. The van der Waals surface area contributed by atoms with Crippen molar-refractivity contribution in [2.75, 3.05) is 5.32 Å². The molecule has 28 heavy (non-hydrogen) atoms. The van der Waals surface area contributed by atoms with E-state index in [9.17, 15) is 18.8 Å². The van der Waals surface area contributed by atoms with E-state index < -0.39 is 23.0 Å². The molecule has 3 N–H and O–H groups in total. The van der Waals surface area contributed by atoms with Gasteiger partial charge >= 0.3 is 5.69 Å². The molecule has 3 aromatic rings. The van der Waals surface area contributed by atoms with Gasteiger partial charge in [-0.15, -0.1) is 0 Å². The number of aromatic amines is 2. The highest BCUT2D eigenvalue weighted by Gasteiger charge is 2.41. The molecule has 0 spiro atoms. The van der Waals surface area contributed by atoms with Crippen LogP contribution in [0, 0.1) is 5.82 Å². The summed E-state index contributed by atoms with van der Waals surface area (Å²) in [6, 6.07) is 11.4. The van der Waals surface area contributed by atoms with Gasteiger partial charge in [-0.05, 0) is 33.6 Å². The van der Waals surface area contributed by atoms with Crippen molar-refractivity contribution < 1.29 is 9.18 Å². The fraction of sp³-hybridized carbons (Fsp3) is 0.0500. The number of halogens is 2. The van der Waals surface area contributed by atoms with Crippen LogP contribution in [-0.4, -0.2) is 15.8 Å². The van der Waals surface area contributed by atoms with E-state index >= 15 is 0 Å². The highest BCUT2D eigenvalue weighted by Crippen LogP contribution is 2.47. The van der Waals surface area contributed by atoms with E-state index in [1.54, 1.807) is 24.3 Å². The Morgan fingerprint density at radius 2 is 1.71 bits per heavy atom. The number of aromatic nitrogens is 2. The van der Waals surface area contributed by atoms with Crippen LogP contribution < -0.4 is 16.6 Å². The summed E-state index contributed by atoms with van der Waals surface area (Å²) >= 11 is 3.16. The van der Waals surface area contributed by atoms with E-state index in [2.05, 4.69) is 31.2 Å². The Balaban J connectivity index is 1.85. The highest BCUT2D eigenvalue weighted by molar-refractivity contribution is 9.10. The molecule has 138 valence electrons. The summed E-state index contributed by atoms with van der Waals surface area (Å²) in [6.07, 6.45) is 0. The van der Waals surface area contributed by atoms with Gasteiger partial charge in [-0.25, -0.2) is 9.18 Å². The van der Waals surface area contributed by atoms with Crippen LogP contribution in [0.4, 0.5) is 10.2 Å². The zero-order chi connectivity index (χ0) is 19.6. The van der Waals surface area contributed by atoms with Gasteiger partial charge in [-0.3, -0.25) is 19.6 Å². The normalized spacial score (nSPS) is 17.1. The first-order valence-electron chi connectivity index (χ1n) is 8.42. The third-order valence-electron chi connectivity index (χ3n) is 5.04. The number of anilines is 1. The maximum Gasteiger partial charge on any atom is 0.327 e. The van der Waals surface area contributed by atoms with Crippen molar-refractivity contribution in [3.05, 3.63) is 101 Å². The summed E-state index contributed by atoms with van der Waals surface area (Å²) in [5, 5.41) is 3.05. The predicted octanol–water partition coefficient (Wildman–Crippen LogP) is 3.13. The summed E-state index contributed by atoms with van der Waals surface area (Å²) < 4.78 is 14.0. The van der Waals surface area contributed by atoms with Crippen molar-refractivity contribution in [2.24, 2.45) is 0 Å². The molecule has 8 heteroatoms. The maximum absolute atomic E-state index is 13.8. The molecular weight excluding hydrogens is 429 g/mol. The van der Waals surface area contributed by atoms with E-state index in [0.29, 0.717) is 28.0 Å². The van der Waals surface area contributed by atoms with Gasteiger partial charge in [-0.1, -0.05) is 30.3 Å². The van der Waals surface area contributed by atoms with Crippen LogP contribution >= 0.6 is 15.9 Å². The van der Waals surface area contributed by atoms with E-state index in [4.69, 9.17) is 0 Å². The van der Waals surface area contributed by atoms with E-state index in [1.807, 2.05) is 6.07 Å². The second kappa shape index (κ2) is 5.87. The average molecular weight is 440 g/mol. The Kier molecular flexibility index (Phi) is 3.54. The van der Waals surface area contributed by atoms with Crippen LogP contribution in [0.5, 0.6) is 0 Å². The van der Waals surface area contributed by atoms with Crippen molar-refractivity contribution >= 4 is 33.2 Å². The van der Waals surface area contributed by atoms with Crippen molar-refractivity contribution in [3.8, 4) is 0 Å². The molecule has 0 bridgehead atoms. The first-order chi connectivity index (χ1) is 13.5. The van der Waals surface area contributed by atoms with Gasteiger partial charge in [0.25, 0.3) is 5.56 Å². The Labute approximate surface area is 165 Å². The molecule has 5 rings (SSSR count). The van der Waals surface area contributed by atoms with Crippen molar-refractivity contribution in [1.29, 1.82) is 0 Å². The second-order valence-corrected chi connectivity index (χ2v) is 7.45. The monoisotopic (exact) mass is 439 g/mol. The molecule has 0 fully saturated rings. The third kappa shape index (κ3) is 2.27. The zero-order valence-electron chi connectivity index (χ0n) is 14.1. The summed E-state index contributed by atoms with van der Waals surface area (Å²) in [5.41, 5.74) is 1.65. The van der Waals surface area contributed by atoms with Crippen LogP contribution in [0.25, 0.3) is 5.70 Å². The number of rotatable bonds is 1. The Morgan fingerprint density at radius 3 is 2.46 bits per heavy atom. The van der Waals surface area contributed by atoms with Gasteiger partial charge in [0, 0.05) is 22.6 Å². The van der Waals surface area contributed by atoms with Gasteiger partial charge in [0.15, 0.2) is 5.78 Å².